The van der Waals surface area contributed by atoms with Gasteiger partial charge in [-0.3, -0.25) is 4.79 Å². The van der Waals surface area contributed by atoms with E-state index in [4.69, 9.17) is 0 Å². The number of amides is 1. The van der Waals surface area contributed by atoms with E-state index >= 15 is 0 Å². The lowest BCUT2D eigenvalue weighted by Crippen LogP contribution is -2.19. The lowest BCUT2D eigenvalue weighted by molar-refractivity contribution is -0.118. The van der Waals surface area contributed by atoms with E-state index < -0.39 is 0 Å². The first-order chi connectivity index (χ1) is 12.3. The summed E-state index contributed by atoms with van der Waals surface area (Å²) >= 11 is 6.09. The highest BCUT2D eigenvalue weighted by atomic mass is 32.2. The van der Waals surface area contributed by atoms with Crippen LogP contribution >= 0.6 is 46.2 Å². The molecule has 0 bridgehead atoms. The second-order valence-corrected chi connectivity index (χ2v) is 9.11. The monoisotopic (exact) mass is 406 g/mol. The molecule has 0 atom stereocenters. The van der Waals surface area contributed by atoms with Gasteiger partial charge in [0.1, 0.15) is 0 Å². The number of rotatable bonds is 8. The van der Waals surface area contributed by atoms with Crippen molar-refractivity contribution in [1.29, 1.82) is 0 Å². The van der Waals surface area contributed by atoms with E-state index in [1.165, 1.54) is 28.7 Å². The SMILES string of the molecule is O=C(CSc1nnc(SCc2ccccc2)s1)N/N=C\c1cccs1. The van der Waals surface area contributed by atoms with Crippen molar-refractivity contribution < 1.29 is 4.79 Å². The molecule has 0 fully saturated rings. The zero-order valence-corrected chi connectivity index (χ0v) is 16.3. The number of nitrogens with zero attached hydrogens (tertiary/aromatic N) is 3. The average Bonchev–Trinajstić information content (AvgIpc) is 3.31. The van der Waals surface area contributed by atoms with Crippen LogP contribution in [0.3, 0.4) is 0 Å². The summed E-state index contributed by atoms with van der Waals surface area (Å²) in [5.74, 6) is 0.962. The molecule has 25 heavy (non-hydrogen) atoms. The van der Waals surface area contributed by atoms with E-state index in [9.17, 15) is 4.79 Å². The summed E-state index contributed by atoms with van der Waals surface area (Å²) in [6, 6.07) is 14.1. The Hall–Kier alpha value is -1.68. The van der Waals surface area contributed by atoms with Gasteiger partial charge in [0.2, 0.25) is 0 Å². The number of hydrazone groups is 1. The lowest BCUT2D eigenvalue weighted by Gasteiger charge is -1.97. The molecule has 128 valence electrons. The van der Waals surface area contributed by atoms with Crippen molar-refractivity contribution in [3.05, 3.63) is 58.3 Å². The first-order valence-electron chi connectivity index (χ1n) is 7.28. The van der Waals surface area contributed by atoms with Crippen LogP contribution in [0.2, 0.25) is 0 Å². The number of thioether (sulfide) groups is 2. The minimum atomic E-state index is -0.161. The standard InChI is InChI=1S/C16H14N4OS4/c21-14(18-17-9-13-7-4-8-22-13)11-24-16-20-19-15(25-16)23-10-12-5-2-1-3-6-12/h1-9H,10-11H2,(H,18,21)/b17-9-. The van der Waals surface area contributed by atoms with Crippen LogP contribution in [0, 0.1) is 0 Å². The minimum Gasteiger partial charge on any atom is -0.272 e. The molecule has 1 N–H and O–H groups in total. The Morgan fingerprint density at radius 1 is 1.12 bits per heavy atom. The molecule has 0 aliphatic rings. The number of benzene rings is 1. The zero-order valence-electron chi connectivity index (χ0n) is 13.0. The fourth-order valence-electron chi connectivity index (χ4n) is 1.73. The average molecular weight is 407 g/mol. The van der Waals surface area contributed by atoms with Crippen molar-refractivity contribution in [2.75, 3.05) is 5.75 Å². The van der Waals surface area contributed by atoms with Gasteiger partial charge in [-0.1, -0.05) is 71.3 Å². The quantitative estimate of drug-likeness (QED) is 0.346. The first-order valence-corrected chi connectivity index (χ1v) is 10.9. The summed E-state index contributed by atoms with van der Waals surface area (Å²) in [6.07, 6.45) is 1.64. The second-order valence-electron chi connectivity index (χ2n) is 4.71. The fraction of sp³-hybridized carbons (Fsp3) is 0.125. The molecule has 5 nitrogen and oxygen atoms in total. The van der Waals surface area contributed by atoms with Crippen LogP contribution in [0.1, 0.15) is 10.4 Å². The summed E-state index contributed by atoms with van der Waals surface area (Å²) in [4.78, 5) is 12.8. The van der Waals surface area contributed by atoms with E-state index in [1.54, 1.807) is 29.3 Å². The van der Waals surface area contributed by atoms with Crippen LogP contribution in [0.5, 0.6) is 0 Å². The number of carbonyl (C=O) groups excluding carboxylic acids is 1. The number of nitrogens with one attached hydrogen (secondary N) is 1. The van der Waals surface area contributed by atoms with Gasteiger partial charge in [0.05, 0.1) is 12.0 Å². The third-order valence-corrected chi connectivity index (χ3v) is 6.91. The molecule has 0 aliphatic carbocycles. The van der Waals surface area contributed by atoms with Crippen LogP contribution in [0.15, 0.2) is 61.6 Å². The van der Waals surface area contributed by atoms with Gasteiger partial charge in [-0.15, -0.1) is 21.5 Å². The number of thiophene rings is 1. The summed E-state index contributed by atoms with van der Waals surface area (Å²) in [5, 5.41) is 14.2. The molecule has 3 aromatic rings. The predicted molar refractivity (Wildman–Crippen MR) is 107 cm³/mol. The molecule has 0 aliphatic heterocycles. The van der Waals surface area contributed by atoms with E-state index in [0.29, 0.717) is 0 Å². The number of carbonyl (C=O) groups is 1. The Labute approximate surface area is 162 Å². The fourth-order valence-corrected chi connectivity index (χ4v) is 5.08. The third-order valence-electron chi connectivity index (χ3n) is 2.84. The van der Waals surface area contributed by atoms with Crippen molar-refractivity contribution in [2.24, 2.45) is 5.10 Å². The van der Waals surface area contributed by atoms with E-state index in [0.717, 1.165) is 19.3 Å². The highest BCUT2D eigenvalue weighted by Crippen LogP contribution is 2.30. The Bertz CT molecular complexity index is 818. The molecule has 2 heterocycles. The molecular weight excluding hydrogens is 392 g/mol. The van der Waals surface area contributed by atoms with Crippen molar-refractivity contribution in [3.63, 3.8) is 0 Å². The number of hydrogen-bond donors (Lipinski definition) is 1. The summed E-state index contributed by atoms with van der Waals surface area (Å²) in [5.41, 5.74) is 3.76. The number of hydrogen-bond acceptors (Lipinski definition) is 8. The van der Waals surface area contributed by atoms with Gasteiger partial charge in [-0.25, -0.2) is 5.43 Å². The molecular formula is C16H14N4OS4. The molecule has 3 rings (SSSR count). The summed E-state index contributed by atoms with van der Waals surface area (Å²) < 4.78 is 1.69. The van der Waals surface area contributed by atoms with Gasteiger partial charge < -0.3 is 0 Å². The normalized spacial score (nSPS) is 11.0. The van der Waals surface area contributed by atoms with Crippen LogP contribution in [-0.4, -0.2) is 28.1 Å². The minimum absolute atomic E-state index is 0.161. The molecule has 0 saturated heterocycles. The summed E-state index contributed by atoms with van der Waals surface area (Å²) in [7, 11) is 0. The Balaban J connectivity index is 1.40. The van der Waals surface area contributed by atoms with Gasteiger partial charge in [0.25, 0.3) is 5.91 Å². The van der Waals surface area contributed by atoms with Crippen LogP contribution in [-0.2, 0) is 10.5 Å². The van der Waals surface area contributed by atoms with Gasteiger partial charge in [-0.05, 0) is 17.0 Å². The molecule has 2 aromatic heterocycles. The van der Waals surface area contributed by atoms with Gasteiger partial charge in [0.15, 0.2) is 8.68 Å². The van der Waals surface area contributed by atoms with Gasteiger partial charge in [0, 0.05) is 10.6 Å². The zero-order chi connectivity index (χ0) is 17.3. The highest BCUT2D eigenvalue weighted by Gasteiger charge is 2.08. The molecule has 1 amide bonds. The maximum Gasteiger partial charge on any atom is 0.250 e. The largest absolute Gasteiger partial charge is 0.272 e. The van der Waals surface area contributed by atoms with Gasteiger partial charge >= 0.3 is 0 Å². The van der Waals surface area contributed by atoms with Crippen LogP contribution in [0.25, 0.3) is 0 Å². The highest BCUT2D eigenvalue weighted by molar-refractivity contribution is 8.03. The van der Waals surface area contributed by atoms with Crippen LogP contribution < -0.4 is 5.43 Å². The van der Waals surface area contributed by atoms with Crippen molar-refractivity contribution in [2.45, 2.75) is 14.4 Å². The third kappa shape index (κ3) is 6.28. The van der Waals surface area contributed by atoms with Crippen molar-refractivity contribution in [3.8, 4) is 0 Å². The molecule has 9 heteroatoms. The molecule has 0 spiro atoms. The molecule has 0 saturated carbocycles. The van der Waals surface area contributed by atoms with E-state index in [1.807, 2.05) is 35.7 Å². The van der Waals surface area contributed by atoms with Gasteiger partial charge in [-0.2, -0.15) is 5.10 Å². The Kier molecular flexibility index (Phi) is 7.04. The maximum absolute atomic E-state index is 11.8. The first kappa shape index (κ1) is 18.1. The van der Waals surface area contributed by atoms with Crippen LogP contribution in [0.4, 0.5) is 0 Å². The maximum atomic E-state index is 11.8. The van der Waals surface area contributed by atoms with Crippen molar-refractivity contribution >= 4 is 58.3 Å². The second kappa shape index (κ2) is 9.71. The van der Waals surface area contributed by atoms with E-state index in [2.05, 4.69) is 32.9 Å². The Morgan fingerprint density at radius 3 is 2.68 bits per heavy atom. The topological polar surface area (TPSA) is 67.2 Å². The van der Waals surface area contributed by atoms with E-state index in [-0.39, 0.29) is 11.7 Å². The Morgan fingerprint density at radius 2 is 1.92 bits per heavy atom. The predicted octanol–water partition coefficient (Wildman–Crippen LogP) is 4.13. The lowest BCUT2D eigenvalue weighted by atomic mass is 10.2. The molecule has 0 radical (unpaired) electrons. The molecule has 1 aromatic carbocycles. The summed E-state index contributed by atoms with van der Waals surface area (Å²) in [6.45, 7) is 0. The smallest absolute Gasteiger partial charge is 0.250 e. The number of aromatic nitrogens is 2. The van der Waals surface area contributed by atoms with Crippen molar-refractivity contribution in [1.82, 2.24) is 15.6 Å². The molecule has 0 unspecified atom stereocenters.